The van der Waals surface area contributed by atoms with Crippen LogP contribution >= 0.6 is 12.2 Å². The van der Waals surface area contributed by atoms with Gasteiger partial charge in [0.15, 0.2) is 0 Å². The van der Waals surface area contributed by atoms with Crippen LogP contribution in [0, 0.1) is 0 Å². The summed E-state index contributed by atoms with van der Waals surface area (Å²) >= 11 is 9.51. The van der Waals surface area contributed by atoms with Gasteiger partial charge in [0, 0.05) is 13.1 Å². The van der Waals surface area contributed by atoms with Crippen molar-refractivity contribution in [3.05, 3.63) is 0 Å². The van der Waals surface area contributed by atoms with Gasteiger partial charge in [-0.3, -0.25) is 0 Å². The Morgan fingerprint density at radius 2 is 1.78 bits per heavy atom. The summed E-state index contributed by atoms with van der Waals surface area (Å²) in [4.78, 5) is 1.96. The second-order valence-corrected chi connectivity index (χ2v) is 2.47. The first-order valence-corrected chi connectivity index (χ1v) is 3.50. The molecule has 0 bridgehead atoms. The largest absolute Gasteiger partial charge is 1.00 e. The third-order valence-electron chi connectivity index (χ3n) is 1.02. The normalized spacial score (nSPS) is 7.78. The molecule has 0 aliphatic rings. The molecule has 0 fully saturated rings. The Bertz CT molecular complexity index is 83.0. The van der Waals surface area contributed by atoms with Gasteiger partial charge < -0.3 is 29.7 Å². The van der Waals surface area contributed by atoms with Crippen molar-refractivity contribution in [3.63, 3.8) is 0 Å². The quantitative estimate of drug-likeness (QED) is 0.408. The van der Waals surface area contributed by atoms with Crippen LogP contribution in [0.1, 0.15) is 13.8 Å². The summed E-state index contributed by atoms with van der Waals surface area (Å²) in [5.74, 6) is 0. The molecule has 0 atom stereocenters. The fraction of sp³-hybridized carbons (Fsp3) is 0.800. The zero-order valence-corrected chi connectivity index (χ0v) is 12.7. The Labute approximate surface area is 117 Å². The molecule has 4 heteroatoms. The van der Waals surface area contributed by atoms with Crippen molar-refractivity contribution in [2.24, 2.45) is 0 Å². The van der Waals surface area contributed by atoms with E-state index in [1.54, 1.807) is 0 Å². The van der Waals surface area contributed by atoms with Crippen molar-refractivity contribution in [3.8, 4) is 0 Å². The van der Waals surface area contributed by atoms with Gasteiger partial charge in [-0.05, 0) is 13.8 Å². The minimum absolute atomic E-state index is 0. The van der Waals surface area contributed by atoms with Gasteiger partial charge in [-0.15, -0.1) is 0 Å². The molecule has 0 radical (unpaired) electrons. The average Bonchev–Trinajstić information content (AvgIpc) is 1.69. The van der Waals surface area contributed by atoms with Gasteiger partial charge >= 0.3 is 58.2 Å². The fourth-order valence-electron chi connectivity index (χ4n) is 0.482. The SMILES string of the molecule is CCN(CC)C(=S)[S-].[Rb+]. The standard InChI is InChI=1S/C5H11NS2.Rb/c1-3-6(4-2)5(7)8;/h3-4H2,1-2H3,(H,7,8);/q;+1/p-1. The maximum atomic E-state index is 4.76. The number of hydrogen-bond donors (Lipinski definition) is 0. The monoisotopic (exact) mass is 233 g/mol. The predicted molar refractivity (Wildman–Crippen MR) is 42.9 cm³/mol. The van der Waals surface area contributed by atoms with Crippen LogP contribution < -0.4 is 58.2 Å². The topological polar surface area (TPSA) is 3.24 Å². The Hall–Kier alpha value is 1.92. The first kappa shape index (κ1) is 13.5. The van der Waals surface area contributed by atoms with Crippen molar-refractivity contribution in [1.29, 1.82) is 0 Å². The van der Waals surface area contributed by atoms with Gasteiger partial charge in [0.05, 0.1) is 0 Å². The van der Waals surface area contributed by atoms with E-state index in [4.69, 9.17) is 24.8 Å². The number of rotatable bonds is 2. The van der Waals surface area contributed by atoms with E-state index in [1.807, 2.05) is 18.7 Å². The van der Waals surface area contributed by atoms with Crippen molar-refractivity contribution in [1.82, 2.24) is 4.90 Å². The molecule has 0 saturated heterocycles. The van der Waals surface area contributed by atoms with Gasteiger partial charge in [0.1, 0.15) is 0 Å². The smallest absolute Gasteiger partial charge is 0.411 e. The molecule has 0 saturated carbocycles. The summed E-state index contributed by atoms with van der Waals surface area (Å²) in [5, 5.41) is 0. The van der Waals surface area contributed by atoms with Gasteiger partial charge in [0.2, 0.25) is 0 Å². The maximum absolute atomic E-state index is 4.76. The molecule has 0 aromatic heterocycles. The molecular formula is C5H10NRbS2. The van der Waals surface area contributed by atoms with Crippen LogP contribution in [0.25, 0.3) is 0 Å². The van der Waals surface area contributed by atoms with E-state index in [0.717, 1.165) is 13.1 Å². The molecule has 0 unspecified atom stereocenters. The van der Waals surface area contributed by atoms with Crippen LogP contribution in [0.5, 0.6) is 0 Å². The number of hydrogen-bond acceptors (Lipinski definition) is 2. The van der Waals surface area contributed by atoms with Crippen molar-refractivity contribution >= 4 is 29.2 Å². The van der Waals surface area contributed by atoms with E-state index in [2.05, 4.69) is 0 Å². The molecular weight excluding hydrogens is 224 g/mol. The summed E-state index contributed by atoms with van der Waals surface area (Å²) in [6.45, 7) is 5.95. The molecule has 0 aliphatic carbocycles. The summed E-state index contributed by atoms with van der Waals surface area (Å²) in [6.07, 6.45) is 0. The number of nitrogens with zero attached hydrogens (tertiary/aromatic N) is 1. The third-order valence-corrected chi connectivity index (χ3v) is 1.54. The van der Waals surface area contributed by atoms with E-state index in [1.165, 1.54) is 0 Å². The van der Waals surface area contributed by atoms with Crippen LogP contribution in [0.2, 0.25) is 0 Å². The number of thiocarbonyl (C=S) groups is 1. The molecule has 0 spiro atoms. The minimum atomic E-state index is 0. The minimum Gasteiger partial charge on any atom is -0.411 e. The summed E-state index contributed by atoms with van der Waals surface area (Å²) in [5.41, 5.74) is 0. The second kappa shape index (κ2) is 8.02. The van der Waals surface area contributed by atoms with Gasteiger partial charge in [-0.25, -0.2) is 0 Å². The fourth-order valence-corrected chi connectivity index (χ4v) is 0.998. The van der Waals surface area contributed by atoms with E-state index in [9.17, 15) is 0 Å². The molecule has 48 valence electrons. The molecule has 0 amide bonds. The van der Waals surface area contributed by atoms with Crippen LogP contribution in [0.15, 0.2) is 0 Å². The Morgan fingerprint density at radius 3 is 1.78 bits per heavy atom. The first-order valence-electron chi connectivity index (χ1n) is 2.68. The molecule has 9 heavy (non-hydrogen) atoms. The Balaban J connectivity index is 0. The van der Waals surface area contributed by atoms with Gasteiger partial charge in [0.25, 0.3) is 0 Å². The zero-order valence-electron chi connectivity index (χ0n) is 6.18. The molecule has 0 aliphatic heterocycles. The van der Waals surface area contributed by atoms with E-state index >= 15 is 0 Å². The summed E-state index contributed by atoms with van der Waals surface area (Å²) in [7, 11) is 0. The van der Waals surface area contributed by atoms with E-state index in [0.29, 0.717) is 4.32 Å². The first-order chi connectivity index (χ1) is 3.72. The maximum Gasteiger partial charge on any atom is 1.00 e. The molecule has 0 N–H and O–H groups in total. The second-order valence-electron chi connectivity index (χ2n) is 1.44. The van der Waals surface area contributed by atoms with Gasteiger partial charge in [-0.1, -0.05) is 4.32 Å². The van der Waals surface area contributed by atoms with Gasteiger partial charge in [-0.2, -0.15) is 0 Å². The van der Waals surface area contributed by atoms with Crippen molar-refractivity contribution in [2.75, 3.05) is 13.1 Å². The van der Waals surface area contributed by atoms with Crippen molar-refractivity contribution in [2.45, 2.75) is 13.8 Å². The molecule has 0 aromatic carbocycles. The van der Waals surface area contributed by atoms with E-state index < -0.39 is 0 Å². The van der Waals surface area contributed by atoms with Crippen LogP contribution in [-0.4, -0.2) is 22.3 Å². The molecule has 0 rings (SSSR count). The van der Waals surface area contributed by atoms with Crippen LogP contribution in [0.3, 0.4) is 0 Å². The molecule has 1 nitrogen and oxygen atoms in total. The van der Waals surface area contributed by atoms with Crippen LogP contribution in [0.4, 0.5) is 0 Å². The van der Waals surface area contributed by atoms with Crippen molar-refractivity contribution < 1.29 is 58.2 Å². The average molecular weight is 234 g/mol. The molecule has 0 aromatic rings. The third kappa shape index (κ3) is 6.32. The molecule has 0 heterocycles. The van der Waals surface area contributed by atoms with Crippen LogP contribution in [-0.2, 0) is 12.6 Å². The summed E-state index contributed by atoms with van der Waals surface area (Å²) in [6, 6.07) is 0. The zero-order chi connectivity index (χ0) is 6.57. The summed E-state index contributed by atoms with van der Waals surface area (Å²) < 4.78 is 0.579. The predicted octanol–water partition coefficient (Wildman–Crippen LogP) is -1.84. The Morgan fingerprint density at radius 1 is 1.44 bits per heavy atom. The Kier molecular flexibility index (Phi) is 12.0. The van der Waals surface area contributed by atoms with E-state index in [-0.39, 0.29) is 58.2 Å².